The van der Waals surface area contributed by atoms with Crippen molar-refractivity contribution in [1.29, 1.82) is 0 Å². The van der Waals surface area contributed by atoms with Crippen molar-refractivity contribution in [2.75, 3.05) is 11.1 Å². The van der Waals surface area contributed by atoms with Crippen LogP contribution < -0.4 is 22.3 Å². The molecule has 0 saturated carbocycles. The van der Waals surface area contributed by atoms with Crippen molar-refractivity contribution < 1.29 is 4.79 Å². The normalized spacial score (nSPS) is 12.9. The van der Waals surface area contributed by atoms with Crippen LogP contribution in [0.2, 0.25) is 5.15 Å². The number of hydrogen-bond acceptors (Lipinski definition) is 13. The quantitative estimate of drug-likeness (QED) is 0.140. The molecule has 15 nitrogen and oxygen atoms in total. The van der Waals surface area contributed by atoms with Gasteiger partial charge < -0.3 is 21.8 Å². The molecule has 1 aliphatic carbocycles. The number of rotatable bonds is 3. The second-order valence-electron chi connectivity index (χ2n) is 13.4. The maximum Gasteiger partial charge on any atom is 0.277 e. The topological polar surface area (TPSA) is 230 Å². The van der Waals surface area contributed by atoms with Gasteiger partial charge >= 0.3 is 0 Å². The minimum atomic E-state index is -0.595. The number of aromatic amines is 1. The highest BCUT2D eigenvalue weighted by atomic mass is 35.5. The van der Waals surface area contributed by atoms with E-state index in [2.05, 4.69) is 79.4 Å². The van der Waals surface area contributed by atoms with Gasteiger partial charge in [-0.25, -0.2) is 34.9 Å². The number of pyridine rings is 4. The van der Waals surface area contributed by atoms with E-state index in [0.717, 1.165) is 57.5 Å². The maximum atomic E-state index is 11.1. The predicted molar refractivity (Wildman–Crippen MR) is 222 cm³/mol. The van der Waals surface area contributed by atoms with Crippen LogP contribution in [-0.2, 0) is 6.42 Å². The number of nitrogens with one attached hydrogen (secondary N) is 2. The van der Waals surface area contributed by atoms with Gasteiger partial charge in [0.05, 0.1) is 34.6 Å². The van der Waals surface area contributed by atoms with Crippen molar-refractivity contribution in [2.45, 2.75) is 53.0 Å². The van der Waals surface area contributed by atoms with Gasteiger partial charge in [-0.2, -0.15) is 0 Å². The van der Waals surface area contributed by atoms with Crippen LogP contribution in [0.15, 0.2) is 97.1 Å². The van der Waals surface area contributed by atoms with Gasteiger partial charge in [0.2, 0.25) is 0 Å². The van der Waals surface area contributed by atoms with E-state index in [0.29, 0.717) is 33.4 Å². The van der Waals surface area contributed by atoms with Gasteiger partial charge in [0.25, 0.3) is 11.5 Å². The first kappa shape index (κ1) is 39.7. The summed E-state index contributed by atoms with van der Waals surface area (Å²) in [5.41, 5.74) is 21.8. The lowest BCUT2D eigenvalue weighted by molar-refractivity contribution is 0.0996. The van der Waals surface area contributed by atoms with E-state index >= 15 is 0 Å². The average molecular weight is 782 g/mol. The molecule has 8 aromatic rings. The van der Waals surface area contributed by atoms with Gasteiger partial charge in [0.1, 0.15) is 23.7 Å². The number of aryl methyl sites for hydroxylation is 5. The third-order valence-electron chi connectivity index (χ3n) is 8.77. The monoisotopic (exact) mass is 781 g/mol. The van der Waals surface area contributed by atoms with Gasteiger partial charge in [0, 0.05) is 24.8 Å². The first-order valence-corrected chi connectivity index (χ1v) is 18.3. The molecule has 288 valence electrons. The Morgan fingerprint density at radius 3 is 2.00 bits per heavy atom. The molecule has 0 spiro atoms. The van der Waals surface area contributed by atoms with Gasteiger partial charge in [-0.3, -0.25) is 19.6 Å². The Kier molecular flexibility index (Phi) is 12.6. The summed E-state index contributed by atoms with van der Waals surface area (Å²) in [4.78, 5) is 61.2. The number of primary amides is 1. The summed E-state index contributed by atoms with van der Waals surface area (Å²) in [6.45, 7) is 7.74. The largest absolute Gasteiger partial charge is 0.397 e. The first-order valence-electron chi connectivity index (χ1n) is 17.9. The molecule has 1 aromatic carbocycles. The number of hydrogen-bond donors (Lipinski definition) is 4. The lowest BCUT2D eigenvalue weighted by atomic mass is 9.88. The third kappa shape index (κ3) is 10.0. The first-order chi connectivity index (χ1) is 27.5. The van der Waals surface area contributed by atoms with Gasteiger partial charge in [-0.05, 0) is 105 Å². The summed E-state index contributed by atoms with van der Waals surface area (Å²) in [6, 6.07) is 16.4. The van der Waals surface area contributed by atoms with Crippen LogP contribution in [0.25, 0.3) is 33.1 Å². The van der Waals surface area contributed by atoms with E-state index in [1.54, 1.807) is 31.0 Å². The van der Waals surface area contributed by atoms with E-state index in [1.807, 2.05) is 52.1 Å². The minimum Gasteiger partial charge on any atom is -0.397 e. The number of anilines is 2. The fourth-order valence-corrected chi connectivity index (χ4v) is 6.28. The smallest absolute Gasteiger partial charge is 0.277 e. The zero-order valence-electron chi connectivity index (χ0n) is 31.7. The summed E-state index contributed by atoms with van der Waals surface area (Å²) >= 11 is 5.80. The highest BCUT2D eigenvalue weighted by molar-refractivity contribution is 6.33. The summed E-state index contributed by atoms with van der Waals surface area (Å²) in [6.07, 6.45) is 14.7. The Morgan fingerprint density at radius 2 is 1.32 bits per heavy atom. The van der Waals surface area contributed by atoms with Crippen molar-refractivity contribution in [3.8, 4) is 0 Å². The molecule has 1 amide bonds. The van der Waals surface area contributed by atoms with Crippen LogP contribution >= 0.6 is 11.6 Å². The number of nitrogens with two attached hydrogens (primary N) is 2. The fraction of sp³-hybridized carbons (Fsp3) is 0.195. The molecular weight excluding hydrogens is 742 g/mol. The maximum absolute atomic E-state index is 11.1. The van der Waals surface area contributed by atoms with Crippen molar-refractivity contribution >= 4 is 62.1 Å². The molecule has 6 N–H and O–H groups in total. The molecule has 9 rings (SSSR count). The Morgan fingerprint density at radius 1 is 0.737 bits per heavy atom. The van der Waals surface area contributed by atoms with Crippen molar-refractivity contribution in [3.63, 3.8) is 0 Å². The lowest BCUT2D eigenvalue weighted by Crippen LogP contribution is -2.18. The van der Waals surface area contributed by atoms with Crippen LogP contribution in [-0.4, -0.2) is 55.7 Å². The molecule has 0 fully saturated rings. The van der Waals surface area contributed by atoms with Crippen molar-refractivity contribution in [3.05, 3.63) is 147 Å². The number of halogens is 1. The standard InChI is InChI=1S/C18H18N4.C8H6ClN3.C8H7N3O.C7H9N3O/c1-12-9-16-17(19-10-12)18(21-11-20-16)22-15-8-4-6-13-5-2-3-7-14(13)15;1-5-2-6-7(10-3-5)8(9)12-4-11-6;1-5-2-6-7(9-3-5)8(12)11-4-10-6;1-4-2-5(8)6(7(9)11)10-3-4/h2-3,5,7,9-11,15H,4,6,8H2,1H3,(H,20,21,22);2-4H,1H3;2-4H,1H3,(H,10,11,12);2-3H,8H2,1H3,(H2,9,11)/t15-;;;/m0.../s1. The Hall–Kier alpha value is -7.00. The number of amides is 1. The Bertz CT molecular complexity index is 2760. The molecule has 7 aromatic heterocycles. The van der Waals surface area contributed by atoms with Crippen LogP contribution in [0.5, 0.6) is 0 Å². The predicted octanol–water partition coefficient (Wildman–Crippen LogP) is 6.51. The number of benzene rings is 1. The number of nitrogen functional groups attached to an aromatic ring is 1. The van der Waals surface area contributed by atoms with Crippen LogP contribution in [0.1, 0.15) is 62.8 Å². The molecule has 7 heterocycles. The van der Waals surface area contributed by atoms with E-state index in [-0.39, 0.29) is 11.3 Å². The Labute approximate surface area is 332 Å². The molecule has 1 atom stereocenters. The molecule has 0 radical (unpaired) electrons. The number of nitrogens with zero attached hydrogens (tertiary/aromatic N) is 9. The zero-order valence-corrected chi connectivity index (χ0v) is 32.5. The van der Waals surface area contributed by atoms with Crippen LogP contribution in [0.4, 0.5) is 11.5 Å². The number of H-pyrrole nitrogens is 1. The number of carbonyl (C=O) groups excluding carboxylic acids is 1. The second-order valence-corrected chi connectivity index (χ2v) is 13.7. The molecule has 0 unspecified atom stereocenters. The van der Waals surface area contributed by atoms with Crippen LogP contribution in [0.3, 0.4) is 0 Å². The molecule has 0 aliphatic heterocycles. The molecule has 0 bridgehead atoms. The van der Waals surface area contributed by atoms with E-state index in [1.165, 1.54) is 30.2 Å². The number of aromatic nitrogens is 10. The minimum absolute atomic E-state index is 0.135. The Balaban J connectivity index is 0.000000136. The van der Waals surface area contributed by atoms with Gasteiger partial charge in [-0.1, -0.05) is 35.9 Å². The van der Waals surface area contributed by atoms with Crippen molar-refractivity contribution in [1.82, 2.24) is 49.8 Å². The molecule has 57 heavy (non-hydrogen) atoms. The molecule has 16 heteroatoms. The highest BCUT2D eigenvalue weighted by Crippen LogP contribution is 2.33. The third-order valence-corrected chi connectivity index (χ3v) is 9.04. The summed E-state index contributed by atoms with van der Waals surface area (Å²) < 4.78 is 0. The highest BCUT2D eigenvalue weighted by Gasteiger charge is 2.21. The number of carbonyl (C=O) groups is 1. The lowest BCUT2D eigenvalue weighted by Gasteiger charge is -2.26. The van der Waals surface area contributed by atoms with Crippen molar-refractivity contribution in [2.24, 2.45) is 5.73 Å². The zero-order chi connectivity index (χ0) is 40.5. The second kappa shape index (κ2) is 18.1. The summed E-state index contributed by atoms with van der Waals surface area (Å²) in [5.74, 6) is 0.231. The van der Waals surface area contributed by atoms with Gasteiger partial charge in [-0.15, -0.1) is 0 Å². The van der Waals surface area contributed by atoms with E-state index in [9.17, 15) is 9.59 Å². The van der Waals surface area contributed by atoms with E-state index in [4.69, 9.17) is 23.1 Å². The molecular formula is C41H40ClN13O2. The molecule has 1 aliphatic rings. The SMILES string of the molecule is Cc1cnc(C(N)=O)c(N)c1.Cc1cnc2c(=O)[nH]cnc2c1.Cc1cnc2c(Cl)ncnc2c1.Cc1cnc2c(N[C@H]3CCCc4ccccc43)ncnc2c1. The summed E-state index contributed by atoms with van der Waals surface area (Å²) in [7, 11) is 0. The fourth-order valence-electron chi connectivity index (χ4n) is 6.09. The van der Waals surface area contributed by atoms with Gasteiger partial charge in [0.15, 0.2) is 22.2 Å². The van der Waals surface area contributed by atoms with Crippen LogP contribution in [0, 0.1) is 27.7 Å². The van der Waals surface area contributed by atoms with E-state index < -0.39 is 5.91 Å². The summed E-state index contributed by atoms with van der Waals surface area (Å²) in [5, 5.41) is 3.99. The average Bonchev–Trinajstić information content (AvgIpc) is 3.19. The molecule has 0 saturated heterocycles. The number of fused-ring (bicyclic) bond motifs is 4.